The van der Waals surface area contributed by atoms with Gasteiger partial charge in [-0.2, -0.15) is 0 Å². The number of carbonyl (C=O) groups is 4. The zero-order chi connectivity index (χ0) is 22.1. The average Bonchev–Trinajstić information content (AvgIpc) is 3.02. The number of halogens is 1. The van der Waals surface area contributed by atoms with Gasteiger partial charge in [-0.1, -0.05) is 39.7 Å². The number of fused-ring (bicyclic) bond motifs is 1. The van der Waals surface area contributed by atoms with E-state index in [2.05, 4.69) is 15.9 Å². The summed E-state index contributed by atoms with van der Waals surface area (Å²) in [5.41, 5.74) is 2.24. The Hall–Kier alpha value is -3.06. The summed E-state index contributed by atoms with van der Waals surface area (Å²) in [5.74, 6) is -1.98. The highest BCUT2D eigenvalue weighted by molar-refractivity contribution is 9.10. The number of allylic oxidation sites excluding steroid dienone is 2. The second-order valence-electron chi connectivity index (χ2n) is 7.77. The van der Waals surface area contributed by atoms with E-state index in [1.807, 2.05) is 13.0 Å². The molecule has 0 unspecified atom stereocenters. The fraction of sp³-hybridized carbons (Fsp3) is 0.250. The maximum absolute atomic E-state index is 12.8. The Morgan fingerprint density at radius 3 is 2.26 bits per heavy atom. The summed E-state index contributed by atoms with van der Waals surface area (Å²) in [5, 5.41) is 0. The number of Topliss-reactive ketones (excluding diaryl/α,β-unsaturated/α-hetero) is 1. The van der Waals surface area contributed by atoms with Crippen LogP contribution in [0.4, 0.5) is 5.69 Å². The second kappa shape index (κ2) is 8.59. The van der Waals surface area contributed by atoms with Crippen molar-refractivity contribution >= 4 is 45.2 Å². The number of hydrogen-bond donors (Lipinski definition) is 0. The van der Waals surface area contributed by atoms with Crippen molar-refractivity contribution < 1.29 is 23.9 Å². The summed E-state index contributed by atoms with van der Waals surface area (Å²) in [6.45, 7) is 1.60. The highest BCUT2D eigenvalue weighted by Gasteiger charge is 2.48. The summed E-state index contributed by atoms with van der Waals surface area (Å²) in [6, 6.07) is 12.9. The van der Waals surface area contributed by atoms with Crippen molar-refractivity contribution in [3.63, 3.8) is 0 Å². The van der Waals surface area contributed by atoms with Crippen LogP contribution in [-0.2, 0) is 14.3 Å². The van der Waals surface area contributed by atoms with Crippen LogP contribution >= 0.6 is 15.9 Å². The standard InChI is InChI=1S/C24H20BrNO5/c1-14-2-11-19-20(12-14)23(29)26(22(19)28)18-9-5-16(6-10-18)24(30)31-13-21(27)15-3-7-17(25)8-4-15/h2-10,19-20H,11-13H2,1H3/t19-,20-/m1/s1. The largest absolute Gasteiger partial charge is 0.454 e. The van der Waals surface area contributed by atoms with Gasteiger partial charge in [0.15, 0.2) is 12.4 Å². The van der Waals surface area contributed by atoms with E-state index in [4.69, 9.17) is 4.74 Å². The molecule has 2 amide bonds. The molecule has 1 saturated heterocycles. The zero-order valence-electron chi connectivity index (χ0n) is 16.8. The molecule has 1 fully saturated rings. The van der Waals surface area contributed by atoms with Gasteiger partial charge in [0, 0.05) is 10.0 Å². The lowest BCUT2D eigenvalue weighted by Gasteiger charge is -2.18. The predicted octanol–water partition coefficient (Wildman–Crippen LogP) is 4.33. The molecule has 2 aromatic carbocycles. The lowest BCUT2D eigenvalue weighted by Crippen LogP contribution is -2.30. The lowest BCUT2D eigenvalue weighted by molar-refractivity contribution is -0.122. The van der Waals surface area contributed by atoms with Crippen LogP contribution in [0.25, 0.3) is 0 Å². The third kappa shape index (κ3) is 4.23. The van der Waals surface area contributed by atoms with Crippen LogP contribution in [0.2, 0.25) is 0 Å². The van der Waals surface area contributed by atoms with Crippen molar-refractivity contribution in [2.75, 3.05) is 11.5 Å². The van der Waals surface area contributed by atoms with E-state index in [-0.39, 0.29) is 41.6 Å². The molecule has 0 bridgehead atoms. The molecule has 1 aliphatic carbocycles. The van der Waals surface area contributed by atoms with Crippen molar-refractivity contribution in [2.45, 2.75) is 19.8 Å². The number of rotatable bonds is 5. The molecule has 0 aromatic heterocycles. The van der Waals surface area contributed by atoms with Crippen LogP contribution in [0.15, 0.2) is 64.7 Å². The number of carbonyl (C=O) groups excluding carboxylic acids is 4. The zero-order valence-corrected chi connectivity index (χ0v) is 18.4. The minimum Gasteiger partial charge on any atom is -0.454 e. The third-order valence-electron chi connectivity index (χ3n) is 5.68. The molecule has 0 N–H and O–H groups in total. The van der Waals surface area contributed by atoms with Gasteiger partial charge in [-0.05, 0) is 56.2 Å². The van der Waals surface area contributed by atoms with Crippen molar-refractivity contribution in [1.82, 2.24) is 0 Å². The molecule has 0 radical (unpaired) electrons. The number of amides is 2. The van der Waals surface area contributed by atoms with Crippen LogP contribution in [0, 0.1) is 11.8 Å². The topological polar surface area (TPSA) is 80.8 Å². The molecule has 158 valence electrons. The van der Waals surface area contributed by atoms with Crippen molar-refractivity contribution in [2.24, 2.45) is 11.8 Å². The number of ketones is 1. The summed E-state index contributed by atoms with van der Waals surface area (Å²) >= 11 is 3.30. The molecular weight excluding hydrogens is 462 g/mol. The average molecular weight is 482 g/mol. The first kappa shape index (κ1) is 21.2. The first-order valence-electron chi connectivity index (χ1n) is 9.94. The second-order valence-corrected chi connectivity index (χ2v) is 8.68. The fourth-order valence-corrected chi connectivity index (χ4v) is 4.24. The van der Waals surface area contributed by atoms with Gasteiger partial charge in [-0.25, -0.2) is 4.79 Å². The minimum absolute atomic E-state index is 0.196. The molecular formula is C24H20BrNO5. The Kier molecular flexibility index (Phi) is 5.87. The van der Waals surface area contributed by atoms with E-state index in [9.17, 15) is 19.2 Å². The van der Waals surface area contributed by atoms with Crippen molar-refractivity contribution in [1.29, 1.82) is 0 Å². The minimum atomic E-state index is -0.649. The van der Waals surface area contributed by atoms with Crippen LogP contribution in [-0.4, -0.2) is 30.2 Å². The Bertz CT molecular complexity index is 1090. The first-order chi connectivity index (χ1) is 14.8. The van der Waals surface area contributed by atoms with Gasteiger partial charge in [-0.15, -0.1) is 0 Å². The number of nitrogens with zero attached hydrogens (tertiary/aromatic N) is 1. The maximum atomic E-state index is 12.8. The molecule has 1 aliphatic heterocycles. The lowest BCUT2D eigenvalue weighted by atomic mass is 9.82. The number of imide groups is 1. The monoisotopic (exact) mass is 481 g/mol. The van der Waals surface area contributed by atoms with Crippen LogP contribution in [0.1, 0.15) is 40.5 Å². The molecule has 1 heterocycles. The Morgan fingerprint density at radius 1 is 0.968 bits per heavy atom. The van der Waals surface area contributed by atoms with E-state index < -0.39 is 5.97 Å². The van der Waals surface area contributed by atoms with E-state index in [0.29, 0.717) is 24.1 Å². The number of ether oxygens (including phenoxy) is 1. The number of anilines is 1. The normalized spacial score (nSPS) is 20.3. The SMILES string of the molecule is CC1=CC[C@H]2C(=O)N(c3ccc(C(=O)OCC(=O)c4ccc(Br)cc4)cc3)C(=O)[C@@H]2C1. The summed E-state index contributed by atoms with van der Waals surface area (Å²) in [7, 11) is 0. The van der Waals surface area contributed by atoms with E-state index in [1.165, 1.54) is 17.0 Å². The van der Waals surface area contributed by atoms with E-state index in [0.717, 1.165) is 10.0 Å². The number of esters is 1. The molecule has 6 nitrogen and oxygen atoms in total. The Morgan fingerprint density at radius 2 is 1.58 bits per heavy atom. The summed E-state index contributed by atoms with van der Waals surface area (Å²) in [6.07, 6.45) is 3.20. The van der Waals surface area contributed by atoms with E-state index >= 15 is 0 Å². The van der Waals surface area contributed by atoms with Gasteiger partial charge >= 0.3 is 5.97 Å². The molecule has 2 aromatic rings. The Balaban J connectivity index is 1.40. The molecule has 4 rings (SSSR count). The van der Waals surface area contributed by atoms with Gasteiger partial charge < -0.3 is 4.74 Å². The quantitative estimate of drug-likeness (QED) is 0.274. The van der Waals surface area contributed by atoms with Gasteiger partial charge in [-0.3, -0.25) is 19.3 Å². The van der Waals surface area contributed by atoms with Crippen LogP contribution in [0.5, 0.6) is 0 Å². The molecule has 0 spiro atoms. The van der Waals surface area contributed by atoms with Gasteiger partial charge in [0.05, 0.1) is 23.1 Å². The molecule has 31 heavy (non-hydrogen) atoms. The first-order valence-corrected chi connectivity index (χ1v) is 10.7. The fourth-order valence-electron chi connectivity index (χ4n) is 3.97. The van der Waals surface area contributed by atoms with Crippen LogP contribution < -0.4 is 4.90 Å². The summed E-state index contributed by atoms with van der Waals surface area (Å²) < 4.78 is 5.97. The molecule has 7 heteroatoms. The maximum Gasteiger partial charge on any atom is 0.338 e. The third-order valence-corrected chi connectivity index (χ3v) is 6.21. The molecule has 0 saturated carbocycles. The smallest absolute Gasteiger partial charge is 0.338 e. The summed E-state index contributed by atoms with van der Waals surface area (Å²) in [4.78, 5) is 51.2. The number of hydrogen-bond acceptors (Lipinski definition) is 5. The van der Waals surface area contributed by atoms with Crippen molar-refractivity contribution in [3.05, 3.63) is 75.8 Å². The van der Waals surface area contributed by atoms with Crippen molar-refractivity contribution in [3.8, 4) is 0 Å². The van der Waals surface area contributed by atoms with E-state index in [1.54, 1.807) is 36.4 Å². The van der Waals surface area contributed by atoms with Gasteiger partial charge in [0.1, 0.15) is 0 Å². The van der Waals surface area contributed by atoms with Gasteiger partial charge in [0.25, 0.3) is 0 Å². The number of benzene rings is 2. The van der Waals surface area contributed by atoms with Gasteiger partial charge in [0.2, 0.25) is 11.8 Å². The molecule has 2 atom stereocenters. The Labute approximate surface area is 188 Å². The molecule has 2 aliphatic rings. The van der Waals surface area contributed by atoms with Crippen LogP contribution in [0.3, 0.4) is 0 Å². The highest BCUT2D eigenvalue weighted by atomic mass is 79.9. The highest BCUT2D eigenvalue weighted by Crippen LogP contribution is 2.39. The predicted molar refractivity (Wildman–Crippen MR) is 118 cm³/mol.